The fourth-order valence-electron chi connectivity index (χ4n) is 1.97. The molecule has 0 fully saturated rings. The van der Waals surface area contributed by atoms with E-state index >= 15 is 0 Å². The van der Waals surface area contributed by atoms with Gasteiger partial charge in [0.1, 0.15) is 18.0 Å². The minimum atomic E-state index is -0.403. The lowest BCUT2D eigenvalue weighted by Gasteiger charge is -2.14. The molecular weight excluding hydrogens is 231 g/mol. The smallest absolute Gasteiger partial charge is 0.138 e. The van der Waals surface area contributed by atoms with Crippen LogP contribution in [0.4, 0.5) is 4.39 Å². The molecule has 1 aromatic heterocycles. The van der Waals surface area contributed by atoms with Gasteiger partial charge in [-0.3, -0.25) is 4.68 Å². The number of aryl methyl sites for hydroxylation is 2. The summed E-state index contributed by atoms with van der Waals surface area (Å²) in [5, 5.41) is 4.08. The van der Waals surface area contributed by atoms with Crippen LogP contribution in [0.15, 0.2) is 24.5 Å². The van der Waals surface area contributed by atoms with E-state index in [-0.39, 0.29) is 5.82 Å². The Morgan fingerprint density at radius 1 is 1.44 bits per heavy atom. The van der Waals surface area contributed by atoms with Gasteiger partial charge in [-0.25, -0.2) is 9.37 Å². The van der Waals surface area contributed by atoms with Gasteiger partial charge in [0.25, 0.3) is 0 Å². The van der Waals surface area contributed by atoms with E-state index in [4.69, 9.17) is 5.73 Å². The van der Waals surface area contributed by atoms with E-state index in [1.165, 1.54) is 6.33 Å². The Balaban J connectivity index is 2.22. The normalized spacial score (nSPS) is 12.7. The van der Waals surface area contributed by atoms with Gasteiger partial charge in [-0.15, -0.1) is 0 Å². The summed E-state index contributed by atoms with van der Waals surface area (Å²) in [5.41, 5.74) is 7.20. The van der Waals surface area contributed by atoms with Gasteiger partial charge in [-0.1, -0.05) is 18.2 Å². The largest absolute Gasteiger partial charge is 0.323 e. The Morgan fingerprint density at radius 3 is 2.94 bits per heavy atom. The molecule has 2 aromatic rings. The summed E-state index contributed by atoms with van der Waals surface area (Å²) in [4.78, 5) is 4.15. The van der Waals surface area contributed by atoms with E-state index in [2.05, 4.69) is 10.1 Å². The van der Waals surface area contributed by atoms with Crippen LogP contribution in [0.1, 0.15) is 29.9 Å². The van der Waals surface area contributed by atoms with Gasteiger partial charge in [0.05, 0.1) is 0 Å². The second-order valence-corrected chi connectivity index (χ2v) is 4.28. The summed E-state index contributed by atoms with van der Waals surface area (Å²) in [5.74, 6) is 0.554. The maximum atomic E-state index is 13.9. The molecule has 0 saturated heterocycles. The summed E-state index contributed by atoms with van der Waals surface area (Å²) in [6.45, 7) is 4.45. The molecule has 5 heteroatoms. The fourth-order valence-corrected chi connectivity index (χ4v) is 1.97. The Kier molecular flexibility index (Phi) is 3.72. The number of hydrogen-bond donors (Lipinski definition) is 1. The van der Waals surface area contributed by atoms with Crippen molar-refractivity contribution in [1.29, 1.82) is 0 Å². The molecule has 0 bridgehead atoms. The van der Waals surface area contributed by atoms with Crippen molar-refractivity contribution in [2.75, 3.05) is 0 Å². The first-order valence-corrected chi connectivity index (χ1v) is 6.00. The Hall–Kier alpha value is -1.75. The highest BCUT2D eigenvalue weighted by Crippen LogP contribution is 2.20. The van der Waals surface area contributed by atoms with Gasteiger partial charge in [-0.2, -0.15) is 5.10 Å². The number of benzene rings is 1. The number of rotatable bonds is 4. The zero-order valence-electron chi connectivity index (χ0n) is 10.6. The molecule has 0 aliphatic carbocycles. The molecule has 1 atom stereocenters. The maximum Gasteiger partial charge on any atom is 0.138 e. The molecule has 0 radical (unpaired) electrons. The lowest BCUT2D eigenvalue weighted by Crippen LogP contribution is -2.18. The van der Waals surface area contributed by atoms with Crippen LogP contribution >= 0.6 is 0 Å². The fraction of sp³-hybridized carbons (Fsp3) is 0.385. The predicted molar refractivity (Wildman–Crippen MR) is 67.5 cm³/mol. The average molecular weight is 248 g/mol. The van der Waals surface area contributed by atoms with Crippen molar-refractivity contribution in [3.8, 4) is 0 Å². The summed E-state index contributed by atoms with van der Waals surface area (Å²) in [6, 6.07) is 4.87. The van der Waals surface area contributed by atoms with Crippen LogP contribution in [0.5, 0.6) is 0 Å². The summed E-state index contributed by atoms with van der Waals surface area (Å²) in [6.07, 6.45) is 1.98. The molecule has 2 N–H and O–H groups in total. The molecule has 4 nitrogen and oxygen atoms in total. The molecule has 18 heavy (non-hydrogen) atoms. The molecule has 0 aliphatic rings. The number of hydrogen-bond acceptors (Lipinski definition) is 3. The molecule has 0 spiro atoms. The second-order valence-electron chi connectivity index (χ2n) is 4.28. The van der Waals surface area contributed by atoms with Gasteiger partial charge in [0.15, 0.2) is 0 Å². The summed E-state index contributed by atoms with van der Waals surface area (Å²) < 4.78 is 15.7. The van der Waals surface area contributed by atoms with Crippen LogP contribution in [0.25, 0.3) is 0 Å². The van der Waals surface area contributed by atoms with Crippen molar-refractivity contribution in [3.63, 3.8) is 0 Å². The zero-order chi connectivity index (χ0) is 13.1. The first kappa shape index (κ1) is 12.7. The van der Waals surface area contributed by atoms with Crippen molar-refractivity contribution < 1.29 is 4.39 Å². The summed E-state index contributed by atoms with van der Waals surface area (Å²) in [7, 11) is 0. The number of aromatic nitrogens is 3. The first-order valence-electron chi connectivity index (χ1n) is 6.00. The monoisotopic (exact) mass is 248 g/mol. The zero-order valence-corrected chi connectivity index (χ0v) is 10.6. The Morgan fingerprint density at radius 2 is 2.22 bits per heavy atom. The lowest BCUT2D eigenvalue weighted by atomic mass is 10.0. The van der Waals surface area contributed by atoms with E-state index in [9.17, 15) is 4.39 Å². The van der Waals surface area contributed by atoms with Gasteiger partial charge in [0.2, 0.25) is 0 Å². The van der Waals surface area contributed by atoms with Crippen molar-refractivity contribution in [1.82, 2.24) is 14.8 Å². The highest BCUT2D eigenvalue weighted by atomic mass is 19.1. The number of halogens is 1. The van der Waals surface area contributed by atoms with Crippen LogP contribution in [0.3, 0.4) is 0 Å². The lowest BCUT2D eigenvalue weighted by molar-refractivity contribution is 0.546. The average Bonchev–Trinajstić information content (AvgIpc) is 2.79. The van der Waals surface area contributed by atoms with Crippen molar-refractivity contribution >= 4 is 0 Å². The molecule has 1 unspecified atom stereocenters. The number of nitrogens with zero attached hydrogens (tertiary/aromatic N) is 3. The molecule has 0 aliphatic heterocycles. The molecule has 1 heterocycles. The van der Waals surface area contributed by atoms with E-state index < -0.39 is 6.04 Å². The molecule has 1 aromatic carbocycles. The molecular formula is C13H17FN4. The van der Waals surface area contributed by atoms with Crippen molar-refractivity contribution in [3.05, 3.63) is 47.3 Å². The predicted octanol–water partition coefficient (Wildman–Crippen LogP) is 1.99. The van der Waals surface area contributed by atoms with Crippen LogP contribution in [-0.4, -0.2) is 14.8 Å². The van der Waals surface area contributed by atoms with Crippen molar-refractivity contribution in [2.45, 2.75) is 32.9 Å². The topological polar surface area (TPSA) is 56.7 Å². The minimum absolute atomic E-state index is 0.229. The highest BCUT2D eigenvalue weighted by Gasteiger charge is 2.16. The quantitative estimate of drug-likeness (QED) is 0.900. The summed E-state index contributed by atoms with van der Waals surface area (Å²) >= 11 is 0. The minimum Gasteiger partial charge on any atom is -0.323 e. The van der Waals surface area contributed by atoms with Crippen molar-refractivity contribution in [2.24, 2.45) is 5.73 Å². The standard InChI is InChI=1S/C13H17FN4/c1-3-18-12(16-8-17-18)7-11(15)10-6-4-5-9(2)13(10)14/h4-6,8,11H,3,7,15H2,1-2H3. The first-order chi connectivity index (χ1) is 8.63. The van der Waals surface area contributed by atoms with Gasteiger partial charge < -0.3 is 5.73 Å². The van der Waals surface area contributed by atoms with E-state index in [1.807, 2.05) is 13.0 Å². The highest BCUT2D eigenvalue weighted by molar-refractivity contribution is 5.27. The van der Waals surface area contributed by atoms with Crippen LogP contribution < -0.4 is 5.73 Å². The molecule has 2 rings (SSSR count). The third-order valence-corrected chi connectivity index (χ3v) is 3.02. The van der Waals surface area contributed by atoms with Gasteiger partial charge in [0, 0.05) is 24.6 Å². The third-order valence-electron chi connectivity index (χ3n) is 3.02. The van der Waals surface area contributed by atoms with Gasteiger partial charge >= 0.3 is 0 Å². The van der Waals surface area contributed by atoms with E-state index in [0.717, 1.165) is 12.4 Å². The van der Waals surface area contributed by atoms with Crippen LogP contribution in [0.2, 0.25) is 0 Å². The third kappa shape index (κ3) is 2.41. The van der Waals surface area contributed by atoms with Gasteiger partial charge in [-0.05, 0) is 19.4 Å². The SMILES string of the molecule is CCn1ncnc1CC(N)c1cccc(C)c1F. The maximum absolute atomic E-state index is 13.9. The second kappa shape index (κ2) is 5.27. The van der Waals surface area contributed by atoms with Crippen LogP contribution in [0, 0.1) is 12.7 Å². The Bertz CT molecular complexity index is 536. The van der Waals surface area contributed by atoms with Crippen LogP contribution in [-0.2, 0) is 13.0 Å². The van der Waals surface area contributed by atoms with E-state index in [0.29, 0.717) is 17.5 Å². The van der Waals surface area contributed by atoms with E-state index in [1.54, 1.807) is 23.7 Å². The molecule has 0 saturated carbocycles. The Labute approximate surface area is 106 Å². The molecule has 0 amide bonds. The molecule has 96 valence electrons. The number of nitrogens with two attached hydrogens (primary N) is 1.